The van der Waals surface area contributed by atoms with E-state index in [1.807, 2.05) is 20.8 Å². The number of hydrogen-bond acceptors (Lipinski definition) is 14. The molecule has 7 aliphatic carbocycles. The molecule has 0 aromatic heterocycles. The fourth-order valence-electron chi connectivity index (χ4n) is 14.1. The molecule has 7 saturated carbocycles. The third-order valence-electron chi connectivity index (χ3n) is 17.0. The molecular weight excluding hydrogens is 704 g/mol. The first-order chi connectivity index (χ1) is 25.4. The Morgan fingerprint density at radius 2 is 1.44 bits per heavy atom. The molecule has 54 heavy (non-hydrogen) atoms. The zero-order valence-corrected chi connectivity index (χ0v) is 31.9. The van der Waals surface area contributed by atoms with Crippen molar-refractivity contribution in [2.45, 2.75) is 147 Å². The second-order valence-corrected chi connectivity index (χ2v) is 19.4. The van der Waals surface area contributed by atoms with Gasteiger partial charge in [0.25, 0.3) is 5.79 Å². The van der Waals surface area contributed by atoms with E-state index in [1.165, 1.54) is 13.8 Å². The summed E-state index contributed by atoms with van der Waals surface area (Å²) in [6, 6.07) is 0. The third-order valence-corrected chi connectivity index (χ3v) is 17.0. The Balaban J connectivity index is 1.18. The van der Waals surface area contributed by atoms with E-state index >= 15 is 0 Å². The van der Waals surface area contributed by atoms with Crippen molar-refractivity contribution in [2.24, 2.45) is 69.5 Å². The quantitative estimate of drug-likeness (QED) is 0.227. The largest absolute Gasteiger partial charge is 0.462 e. The van der Waals surface area contributed by atoms with Crippen LogP contribution >= 0.6 is 0 Å². The first-order valence-corrected chi connectivity index (χ1v) is 20.1. The topological polar surface area (TPSA) is 197 Å². The van der Waals surface area contributed by atoms with Gasteiger partial charge in [0, 0.05) is 48.3 Å². The van der Waals surface area contributed by atoms with Crippen molar-refractivity contribution < 1.29 is 67.3 Å². The minimum atomic E-state index is -1.85. The smallest absolute Gasteiger partial charge is 0.353 e. The predicted molar refractivity (Wildman–Crippen MR) is 179 cm³/mol. The van der Waals surface area contributed by atoms with Crippen molar-refractivity contribution in [3.8, 4) is 0 Å². The van der Waals surface area contributed by atoms with Crippen LogP contribution in [0.15, 0.2) is 0 Å². The number of rotatable bonds is 6. The maximum atomic E-state index is 14.1. The van der Waals surface area contributed by atoms with Crippen LogP contribution in [0.25, 0.3) is 0 Å². The lowest BCUT2D eigenvalue weighted by molar-refractivity contribution is -0.282. The maximum absolute atomic E-state index is 14.1. The van der Waals surface area contributed by atoms with Crippen LogP contribution < -0.4 is 0 Å². The van der Waals surface area contributed by atoms with Gasteiger partial charge in [-0.3, -0.25) is 19.2 Å². The molecule has 296 valence electrons. The summed E-state index contributed by atoms with van der Waals surface area (Å²) in [6.45, 7) is 11.8. The van der Waals surface area contributed by atoms with Gasteiger partial charge >= 0.3 is 29.8 Å². The summed E-state index contributed by atoms with van der Waals surface area (Å²) >= 11 is 0. The number of aliphatic hydroxyl groups is 2. The predicted octanol–water partition coefficient (Wildman–Crippen LogP) is 2.23. The van der Waals surface area contributed by atoms with Crippen molar-refractivity contribution in [2.75, 3.05) is 0 Å². The summed E-state index contributed by atoms with van der Waals surface area (Å²) in [7, 11) is 0. The SMILES string of the molecule is CC(=O)O[C@H]1C2C([C@@H](OC(=O)C3CC3)C[C@H]3C[C@@H]4O[C@@H]4[C@H](O)[C@]23C)[C@@H]2[C@@H](O)[C@@H]3[C@H]([C@H](C)[C@H]4O[C@]45OC(=O)[C@@](C)(OC(=O)C4CC4)[C@]35C)[C@@]2(C)[C@H]1OC(C)=O. The number of ether oxygens (including phenoxy) is 7. The highest BCUT2D eigenvalue weighted by molar-refractivity contribution is 5.88. The summed E-state index contributed by atoms with van der Waals surface area (Å²) in [5.41, 5.74) is -5.42. The Bertz CT molecular complexity index is 1740. The van der Waals surface area contributed by atoms with E-state index in [1.54, 1.807) is 13.8 Å². The standard InChI is InChI=1S/C40H52O14/c1-14-23-26(38(6)39(7,53-34(46)18-10-11-18)35(47)54-40(38)31(14)52-40)27(43)24-22-20(51-33(45)17-8-9-17)12-19-13-21-28(50-21)30(44)36(19,4)25(22)29(48-15(2)41)32(37(23,24)5)49-16(3)42/h14,17-32,43-44H,8-13H2,1-7H3/t14-,19-,20-,21-,22?,23-,24+,25?,26-,27+,28-,29-,30-,31+,32-,36-,37+,38-,39+,40-/m0/s1. The van der Waals surface area contributed by atoms with Crippen LogP contribution in [0.1, 0.15) is 87.0 Å². The molecule has 0 aromatic carbocycles. The number of carbonyl (C=O) groups is 5. The second kappa shape index (κ2) is 10.8. The van der Waals surface area contributed by atoms with Crippen LogP contribution in [0, 0.1) is 69.5 Å². The summed E-state index contributed by atoms with van der Waals surface area (Å²) in [4.78, 5) is 67.7. The molecule has 20 atom stereocenters. The number of hydrogen-bond donors (Lipinski definition) is 2. The summed E-state index contributed by atoms with van der Waals surface area (Å²) in [5.74, 6) is -9.08. The van der Waals surface area contributed by atoms with Gasteiger partial charge in [0.15, 0.2) is 0 Å². The van der Waals surface area contributed by atoms with Gasteiger partial charge < -0.3 is 43.4 Å². The summed E-state index contributed by atoms with van der Waals surface area (Å²) in [5, 5.41) is 25.5. The molecule has 3 aliphatic heterocycles. The van der Waals surface area contributed by atoms with Gasteiger partial charge in [-0.1, -0.05) is 20.8 Å². The fraction of sp³-hybridized carbons (Fsp3) is 0.875. The van der Waals surface area contributed by atoms with Crippen molar-refractivity contribution in [1.29, 1.82) is 0 Å². The van der Waals surface area contributed by atoms with Crippen molar-refractivity contribution in [1.82, 2.24) is 0 Å². The highest BCUT2D eigenvalue weighted by Crippen LogP contribution is 2.81. The van der Waals surface area contributed by atoms with Crippen LogP contribution in [-0.2, 0) is 57.1 Å². The average Bonchev–Trinajstić information content (AvgIpc) is 3.91. The molecule has 3 heterocycles. The molecule has 10 aliphatic rings. The zero-order valence-electron chi connectivity index (χ0n) is 31.9. The molecule has 2 N–H and O–H groups in total. The minimum absolute atomic E-state index is 0.153. The van der Waals surface area contributed by atoms with Gasteiger partial charge in [0.05, 0.1) is 35.6 Å². The Hall–Kier alpha value is -2.81. The van der Waals surface area contributed by atoms with Crippen LogP contribution in [0.3, 0.4) is 0 Å². The summed E-state index contributed by atoms with van der Waals surface area (Å²) < 4.78 is 44.0. The van der Waals surface area contributed by atoms with Crippen molar-refractivity contribution in [3.63, 3.8) is 0 Å². The molecule has 0 amide bonds. The first-order valence-electron chi connectivity index (χ1n) is 20.1. The molecule has 0 radical (unpaired) electrons. The normalized spacial score (nSPS) is 56.9. The molecule has 10 fully saturated rings. The molecule has 10 rings (SSSR count). The molecule has 3 saturated heterocycles. The van der Waals surface area contributed by atoms with E-state index in [0.717, 1.165) is 12.8 Å². The highest BCUT2D eigenvalue weighted by Gasteiger charge is 2.94. The van der Waals surface area contributed by atoms with Crippen LogP contribution in [0.5, 0.6) is 0 Å². The lowest BCUT2D eigenvalue weighted by Gasteiger charge is -2.66. The van der Waals surface area contributed by atoms with Crippen LogP contribution in [0.2, 0.25) is 0 Å². The Morgan fingerprint density at radius 3 is 2.07 bits per heavy atom. The van der Waals surface area contributed by atoms with Gasteiger partial charge in [0.1, 0.15) is 30.5 Å². The summed E-state index contributed by atoms with van der Waals surface area (Å²) in [6.07, 6.45) is -2.73. The molecule has 2 unspecified atom stereocenters. The molecular formula is C40H52O14. The third kappa shape index (κ3) is 4.14. The Morgan fingerprint density at radius 1 is 0.796 bits per heavy atom. The second-order valence-electron chi connectivity index (χ2n) is 19.4. The number of fused-ring (bicyclic) bond motifs is 9. The number of aliphatic hydroxyl groups excluding tert-OH is 2. The maximum Gasteiger partial charge on any atom is 0.353 e. The minimum Gasteiger partial charge on any atom is -0.462 e. The zero-order chi connectivity index (χ0) is 38.4. The van der Waals surface area contributed by atoms with E-state index in [4.69, 9.17) is 33.2 Å². The van der Waals surface area contributed by atoms with E-state index in [-0.39, 0.29) is 29.8 Å². The molecule has 0 bridgehead atoms. The van der Waals surface area contributed by atoms with Gasteiger partial charge in [-0.25, -0.2) is 4.79 Å². The van der Waals surface area contributed by atoms with E-state index in [9.17, 15) is 34.2 Å². The van der Waals surface area contributed by atoms with Gasteiger partial charge in [0.2, 0.25) is 5.60 Å². The van der Waals surface area contributed by atoms with Gasteiger partial charge in [-0.15, -0.1) is 0 Å². The highest BCUT2D eigenvalue weighted by atomic mass is 16.8. The number of esters is 5. The van der Waals surface area contributed by atoms with E-state index in [2.05, 4.69) is 0 Å². The number of epoxide rings is 2. The average molecular weight is 757 g/mol. The lowest BCUT2D eigenvalue weighted by atomic mass is 9.41. The Labute approximate surface area is 313 Å². The van der Waals surface area contributed by atoms with Crippen LogP contribution in [0.4, 0.5) is 0 Å². The molecule has 14 nitrogen and oxygen atoms in total. The molecule has 0 aromatic rings. The molecule has 14 heteroatoms. The van der Waals surface area contributed by atoms with Gasteiger partial charge in [-0.2, -0.15) is 0 Å². The lowest BCUT2D eigenvalue weighted by Crippen LogP contribution is -2.72. The number of carbonyl (C=O) groups excluding carboxylic acids is 5. The molecule has 1 spiro atoms. The first kappa shape index (κ1) is 35.6. The van der Waals surface area contributed by atoms with E-state index < -0.39 is 130 Å². The van der Waals surface area contributed by atoms with Crippen molar-refractivity contribution >= 4 is 29.8 Å². The van der Waals surface area contributed by atoms with E-state index in [0.29, 0.717) is 25.7 Å². The van der Waals surface area contributed by atoms with Crippen LogP contribution in [-0.4, -0.2) is 100 Å². The Kier molecular flexibility index (Phi) is 7.10. The van der Waals surface area contributed by atoms with Crippen molar-refractivity contribution in [3.05, 3.63) is 0 Å². The monoisotopic (exact) mass is 756 g/mol. The van der Waals surface area contributed by atoms with Gasteiger partial charge in [-0.05, 0) is 70.1 Å². The fourth-order valence-corrected chi connectivity index (χ4v) is 14.1.